The van der Waals surface area contributed by atoms with Crippen molar-refractivity contribution in [2.45, 2.75) is 6.54 Å². The third-order valence-corrected chi connectivity index (χ3v) is 3.97. The number of halogens is 2. The molecule has 0 aliphatic heterocycles. The predicted octanol–water partition coefficient (Wildman–Crippen LogP) is 3.38. The molecule has 0 atom stereocenters. The summed E-state index contributed by atoms with van der Waals surface area (Å²) in [6, 6.07) is 9.49. The fourth-order valence-electron chi connectivity index (χ4n) is 1.94. The number of benzene rings is 2. The van der Waals surface area contributed by atoms with Gasteiger partial charge in [-0.1, -0.05) is 6.07 Å². The lowest BCUT2D eigenvalue weighted by molar-refractivity contribution is 0.0950. The molecule has 1 N–H and O–H groups in total. The van der Waals surface area contributed by atoms with Crippen molar-refractivity contribution < 1.29 is 18.7 Å². The molecule has 116 valence electrons. The molecule has 0 aliphatic carbocycles. The number of carbonyl (C=O) groups excluding carboxylic acids is 1. The van der Waals surface area contributed by atoms with E-state index < -0.39 is 0 Å². The number of rotatable bonds is 5. The molecule has 0 unspecified atom stereocenters. The normalized spacial score (nSPS) is 10.2. The van der Waals surface area contributed by atoms with Crippen LogP contribution in [0.1, 0.15) is 15.9 Å². The van der Waals surface area contributed by atoms with Crippen LogP contribution in [0.4, 0.5) is 4.39 Å². The van der Waals surface area contributed by atoms with Crippen molar-refractivity contribution in [1.29, 1.82) is 0 Å². The topological polar surface area (TPSA) is 47.6 Å². The van der Waals surface area contributed by atoms with Crippen LogP contribution in [0.3, 0.4) is 0 Å². The quantitative estimate of drug-likeness (QED) is 0.762. The maximum absolute atomic E-state index is 13.1. The van der Waals surface area contributed by atoms with Crippen molar-refractivity contribution in [1.82, 2.24) is 5.32 Å². The fourth-order valence-corrected chi connectivity index (χ4v) is 2.66. The molecule has 0 bridgehead atoms. The fraction of sp³-hybridized carbons (Fsp3) is 0.188. The van der Waals surface area contributed by atoms with E-state index in [1.165, 1.54) is 18.2 Å². The highest BCUT2D eigenvalue weighted by atomic mass is 127. The number of carbonyl (C=O) groups is 1. The highest BCUT2D eigenvalue weighted by molar-refractivity contribution is 14.1. The SMILES string of the molecule is COc1ccc(CNC(=O)c2ccc(F)cc2I)cc1OC. The summed E-state index contributed by atoms with van der Waals surface area (Å²) in [6.07, 6.45) is 0. The van der Waals surface area contributed by atoms with Gasteiger partial charge < -0.3 is 14.8 Å². The van der Waals surface area contributed by atoms with Crippen LogP contribution < -0.4 is 14.8 Å². The molecule has 0 radical (unpaired) electrons. The maximum atomic E-state index is 13.1. The average molecular weight is 415 g/mol. The lowest BCUT2D eigenvalue weighted by atomic mass is 10.1. The van der Waals surface area contributed by atoms with Crippen LogP contribution in [0.5, 0.6) is 11.5 Å². The van der Waals surface area contributed by atoms with Gasteiger partial charge in [-0.25, -0.2) is 4.39 Å². The number of methoxy groups -OCH3 is 2. The van der Waals surface area contributed by atoms with Gasteiger partial charge in [0.05, 0.1) is 19.8 Å². The van der Waals surface area contributed by atoms with E-state index in [0.717, 1.165) is 5.56 Å². The first-order valence-corrected chi connectivity index (χ1v) is 7.57. The molecule has 0 fully saturated rings. The second-order valence-corrected chi connectivity index (χ2v) is 5.66. The molecule has 6 heteroatoms. The van der Waals surface area contributed by atoms with Crippen LogP contribution in [0.2, 0.25) is 0 Å². The summed E-state index contributed by atoms with van der Waals surface area (Å²) in [5.41, 5.74) is 1.32. The zero-order valence-corrected chi connectivity index (χ0v) is 14.3. The Labute approximate surface area is 141 Å². The van der Waals surface area contributed by atoms with Gasteiger partial charge >= 0.3 is 0 Å². The van der Waals surface area contributed by atoms with Crippen molar-refractivity contribution in [3.8, 4) is 11.5 Å². The summed E-state index contributed by atoms with van der Waals surface area (Å²) >= 11 is 1.94. The lowest BCUT2D eigenvalue weighted by Crippen LogP contribution is -2.23. The van der Waals surface area contributed by atoms with Gasteiger partial charge in [0.25, 0.3) is 5.91 Å². The molecular weight excluding hydrogens is 400 g/mol. The lowest BCUT2D eigenvalue weighted by Gasteiger charge is -2.11. The Bertz CT molecular complexity index is 691. The number of nitrogens with one attached hydrogen (secondary N) is 1. The Morgan fingerprint density at radius 2 is 1.86 bits per heavy atom. The Morgan fingerprint density at radius 3 is 2.50 bits per heavy atom. The van der Waals surface area contributed by atoms with E-state index in [2.05, 4.69) is 5.32 Å². The summed E-state index contributed by atoms with van der Waals surface area (Å²) in [7, 11) is 3.12. The minimum Gasteiger partial charge on any atom is -0.493 e. The van der Waals surface area contributed by atoms with E-state index in [-0.39, 0.29) is 11.7 Å². The van der Waals surface area contributed by atoms with E-state index in [1.54, 1.807) is 26.4 Å². The largest absolute Gasteiger partial charge is 0.493 e. The highest BCUT2D eigenvalue weighted by Gasteiger charge is 2.11. The van der Waals surface area contributed by atoms with Crippen LogP contribution in [0.15, 0.2) is 36.4 Å². The number of hydrogen-bond acceptors (Lipinski definition) is 3. The Kier molecular flexibility index (Phi) is 5.59. The third kappa shape index (κ3) is 3.88. The summed E-state index contributed by atoms with van der Waals surface area (Å²) in [6.45, 7) is 0.340. The molecule has 0 spiro atoms. The standard InChI is InChI=1S/C16H15FINO3/c1-21-14-6-3-10(7-15(14)22-2)9-19-16(20)12-5-4-11(17)8-13(12)18/h3-8H,9H2,1-2H3,(H,19,20). The zero-order valence-electron chi connectivity index (χ0n) is 12.2. The molecule has 0 aromatic heterocycles. The van der Waals surface area contributed by atoms with E-state index in [4.69, 9.17) is 9.47 Å². The molecular formula is C16H15FINO3. The van der Waals surface area contributed by atoms with Gasteiger partial charge in [-0.15, -0.1) is 0 Å². The minimum atomic E-state index is -0.360. The molecule has 22 heavy (non-hydrogen) atoms. The first-order valence-electron chi connectivity index (χ1n) is 6.49. The van der Waals surface area contributed by atoms with Gasteiger partial charge in [-0.2, -0.15) is 0 Å². The Morgan fingerprint density at radius 1 is 1.14 bits per heavy atom. The van der Waals surface area contributed by atoms with E-state index in [9.17, 15) is 9.18 Å². The van der Waals surface area contributed by atoms with Crippen LogP contribution in [0.25, 0.3) is 0 Å². The van der Waals surface area contributed by atoms with E-state index in [0.29, 0.717) is 27.2 Å². The molecule has 2 aromatic rings. The first-order chi connectivity index (χ1) is 10.5. The summed E-state index contributed by atoms with van der Waals surface area (Å²) in [5.74, 6) is 0.622. The summed E-state index contributed by atoms with van der Waals surface area (Å²) < 4.78 is 24.0. The van der Waals surface area contributed by atoms with Gasteiger partial charge in [0.15, 0.2) is 11.5 Å². The number of hydrogen-bond donors (Lipinski definition) is 1. The van der Waals surface area contributed by atoms with Gasteiger partial charge in [0.2, 0.25) is 0 Å². The molecule has 2 rings (SSSR count). The van der Waals surface area contributed by atoms with Crippen molar-refractivity contribution in [3.63, 3.8) is 0 Å². The van der Waals surface area contributed by atoms with Gasteiger partial charge in [0, 0.05) is 10.1 Å². The smallest absolute Gasteiger partial charge is 0.252 e. The van der Waals surface area contributed by atoms with Crippen molar-refractivity contribution in [2.75, 3.05) is 14.2 Å². The van der Waals surface area contributed by atoms with Gasteiger partial charge in [-0.3, -0.25) is 4.79 Å². The molecule has 0 saturated heterocycles. The van der Waals surface area contributed by atoms with Gasteiger partial charge in [0.1, 0.15) is 5.82 Å². The average Bonchev–Trinajstić information content (AvgIpc) is 2.52. The van der Waals surface area contributed by atoms with Gasteiger partial charge in [-0.05, 0) is 58.5 Å². The Hall–Kier alpha value is -1.83. The van der Waals surface area contributed by atoms with Crippen LogP contribution in [-0.2, 0) is 6.54 Å². The van der Waals surface area contributed by atoms with Crippen molar-refractivity contribution >= 4 is 28.5 Å². The second-order valence-electron chi connectivity index (χ2n) is 4.50. The third-order valence-electron chi connectivity index (χ3n) is 3.08. The van der Waals surface area contributed by atoms with Crippen LogP contribution >= 0.6 is 22.6 Å². The van der Waals surface area contributed by atoms with Crippen LogP contribution in [0, 0.1) is 9.39 Å². The molecule has 0 saturated carbocycles. The van der Waals surface area contributed by atoms with E-state index >= 15 is 0 Å². The number of ether oxygens (including phenoxy) is 2. The van der Waals surface area contributed by atoms with Crippen molar-refractivity contribution in [3.05, 3.63) is 56.9 Å². The maximum Gasteiger partial charge on any atom is 0.252 e. The molecule has 4 nitrogen and oxygen atoms in total. The monoisotopic (exact) mass is 415 g/mol. The predicted molar refractivity (Wildman–Crippen MR) is 89.8 cm³/mol. The molecule has 0 heterocycles. The molecule has 1 amide bonds. The second kappa shape index (κ2) is 7.44. The summed E-state index contributed by atoms with van der Waals surface area (Å²) in [5, 5.41) is 2.80. The Balaban J connectivity index is 2.08. The molecule has 0 aliphatic rings. The van der Waals surface area contributed by atoms with Crippen LogP contribution in [-0.4, -0.2) is 20.1 Å². The summed E-state index contributed by atoms with van der Waals surface area (Å²) in [4.78, 5) is 12.1. The first kappa shape index (κ1) is 16.5. The minimum absolute atomic E-state index is 0.251. The number of amides is 1. The zero-order chi connectivity index (χ0) is 16.1. The van der Waals surface area contributed by atoms with Crippen molar-refractivity contribution in [2.24, 2.45) is 0 Å². The highest BCUT2D eigenvalue weighted by Crippen LogP contribution is 2.27. The molecule has 2 aromatic carbocycles. The van der Waals surface area contributed by atoms with E-state index in [1.807, 2.05) is 28.7 Å².